The maximum Gasteiger partial charge on any atom is 0.314 e. The number of alkyl halides is 2. The maximum atomic E-state index is 12.8. The molecule has 4 aromatic rings. The Morgan fingerprint density at radius 1 is 1.21 bits per heavy atom. The number of halogens is 2. The summed E-state index contributed by atoms with van der Waals surface area (Å²) < 4.78 is 57.6. The van der Waals surface area contributed by atoms with Crippen LogP contribution >= 0.6 is 11.3 Å². The van der Waals surface area contributed by atoms with E-state index in [0.717, 1.165) is 11.1 Å². The van der Waals surface area contributed by atoms with Crippen molar-refractivity contribution in [3.63, 3.8) is 0 Å². The summed E-state index contributed by atoms with van der Waals surface area (Å²) in [7, 11) is -3.39. The van der Waals surface area contributed by atoms with Gasteiger partial charge in [-0.1, -0.05) is 5.21 Å². The van der Waals surface area contributed by atoms with Crippen LogP contribution in [0.2, 0.25) is 0 Å². The van der Waals surface area contributed by atoms with Gasteiger partial charge in [0.1, 0.15) is 11.5 Å². The van der Waals surface area contributed by atoms with Gasteiger partial charge in [0.05, 0.1) is 23.4 Å². The fraction of sp³-hybridized carbons (Fsp3) is 0.278. The molecule has 3 N–H and O–H groups in total. The first-order valence-electron chi connectivity index (χ1n) is 9.49. The molecule has 0 saturated heterocycles. The molecule has 0 amide bonds. The molecule has 0 aliphatic rings. The molecule has 11 nitrogen and oxygen atoms in total. The number of nitrogens with zero attached hydrogens (tertiary/aromatic N) is 6. The molecule has 1 unspecified atom stereocenters. The van der Waals surface area contributed by atoms with Gasteiger partial charge in [-0.25, -0.2) is 22.8 Å². The number of thiophene rings is 1. The molecule has 0 bridgehead atoms. The third-order valence-corrected chi connectivity index (χ3v) is 6.39. The van der Waals surface area contributed by atoms with E-state index in [2.05, 4.69) is 30.2 Å². The van der Waals surface area contributed by atoms with Crippen LogP contribution in [-0.4, -0.2) is 51.4 Å². The average Bonchev–Trinajstić information content (AvgIpc) is 3.51. The number of nitrogens with two attached hydrogens (primary N) is 1. The zero-order chi connectivity index (χ0) is 23.6. The van der Waals surface area contributed by atoms with Gasteiger partial charge in [-0.3, -0.25) is 0 Å². The largest absolute Gasteiger partial charge is 0.414 e. The van der Waals surface area contributed by atoms with E-state index < -0.39 is 28.4 Å². The molecule has 33 heavy (non-hydrogen) atoms. The van der Waals surface area contributed by atoms with Crippen molar-refractivity contribution in [3.8, 4) is 22.0 Å². The fourth-order valence-corrected chi connectivity index (χ4v) is 4.52. The van der Waals surface area contributed by atoms with Gasteiger partial charge in [0.2, 0.25) is 10.0 Å². The van der Waals surface area contributed by atoms with Crippen molar-refractivity contribution in [1.82, 2.24) is 34.9 Å². The molecule has 0 aromatic carbocycles. The van der Waals surface area contributed by atoms with Crippen LogP contribution in [0, 0.1) is 0 Å². The van der Waals surface area contributed by atoms with E-state index in [1.165, 1.54) is 11.3 Å². The Labute approximate surface area is 190 Å². The summed E-state index contributed by atoms with van der Waals surface area (Å²) in [5, 5.41) is 15.4. The Morgan fingerprint density at radius 3 is 2.70 bits per heavy atom. The van der Waals surface area contributed by atoms with Crippen molar-refractivity contribution in [3.05, 3.63) is 47.4 Å². The smallest absolute Gasteiger partial charge is 0.314 e. The highest BCUT2D eigenvalue weighted by molar-refractivity contribution is 7.88. The fourth-order valence-electron chi connectivity index (χ4n) is 2.97. The number of hydrogen-bond acceptors (Lipinski definition) is 10. The number of pyridine rings is 1. The summed E-state index contributed by atoms with van der Waals surface area (Å²) >= 11 is 1.24. The van der Waals surface area contributed by atoms with E-state index in [0.29, 0.717) is 28.4 Å². The highest BCUT2D eigenvalue weighted by Crippen LogP contribution is 2.35. The topological polar surface area (TPSA) is 155 Å². The van der Waals surface area contributed by atoms with Crippen LogP contribution in [0.3, 0.4) is 0 Å². The van der Waals surface area contributed by atoms with Gasteiger partial charge in [0.15, 0.2) is 0 Å². The van der Waals surface area contributed by atoms with Crippen LogP contribution in [0.4, 0.5) is 14.6 Å². The predicted octanol–water partition coefficient (Wildman–Crippen LogP) is 2.50. The molecule has 0 aliphatic carbocycles. The lowest BCUT2D eigenvalue weighted by molar-refractivity contribution is 0.116. The highest BCUT2D eigenvalue weighted by Gasteiger charge is 2.22. The average molecular weight is 497 g/mol. The molecular formula is C18H18F2N8O3S2. The number of aromatic nitrogens is 6. The minimum atomic E-state index is -3.39. The second kappa shape index (κ2) is 9.29. The second-order valence-corrected chi connectivity index (χ2v) is 9.92. The maximum absolute atomic E-state index is 12.8. The lowest BCUT2D eigenvalue weighted by Gasteiger charge is -2.15. The minimum Gasteiger partial charge on any atom is -0.414 e. The zero-order valence-corrected chi connectivity index (χ0v) is 18.7. The quantitative estimate of drug-likeness (QED) is 0.355. The molecule has 4 heterocycles. The SMILES string of the molecule is CS(=O)(=O)NCCC(c1ccc(-c2nnc(C(F)F)o2)s1)n1cc(-c2ccc(N)nc2)nn1. The van der Waals surface area contributed by atoms with Crippen molar-refractivity contribution in [2.45, 2.75) is 18.9 Å². The van der Waals surface area contributed by atoms with E-state index in [1.54, 1.807) is 41.3 Å². The van der Waals surface area contributed by atoms with E-state index in [9.17, 15) is 17.2 Å². The Balaban J connectivity index is 1.63. The highest BCUT2D eigenvalue weighted by atomic mass is 32.2. The van der Waals surface area contributed by atoms with Crippen molar-refractivity contribution >= 4 is 27.2 Å². The van der Waals surface area contributed by atoms with Crippen molar-refractivity contribution in [1.29, 1.82) is 0 Å². The number of nitrogens with one attached hydrogen (secondary N) is 1. The predicted molar refractivity (Wildman–Crippen MR) is 116 cm³/mol. The molecule has 0 saturated carbocycles. The van der Waals surface area contributed by atoms with Crippen LogP contribution in [0.25, 0.3) is 22.0 Å². The third-order valence-electron chi connectivity index (χ3n) is 4.49. The summed E-state index contributed by atoms with van der Waals surface area (Å²) in [4.78, 5) is 5.31. The molecular weight excluding hydrogens is 478 g/mol. The number of nitrogen functional groups attached to an aromatic ring is 1. The number of rotatable bonds is 9. The van der Waals surface area contributed by atoms with Gasteiger partial charge in [0.25, 0.3) is 11.8 Å². The summed E-state index contributed by atoms with van der Waals surface area (Å²) in [5.74, 6) is -0.410. The van der Waals surface area contributed by atoms with Crippen LogP contribution in [-0.2, 0) is 10.0 Å². The molecule has 4 aromatic heterocycles. The minimum absolute atomic E-state index is 0.0261. The summed E-state index contributed by atoms with van der Waals surface area (Å²) in [6.45, 7) is 0.144. The first kappa shape index (κ1) is 22.9. The first-order chi connectivity index (χ1) is 15.7. The Bertz CT molecular complexity index is 1330. The van der Waals surface area contributed by atoms with Gasteiger partial charge in [-0.2, -0.15) is 8.78 Å². The summed E-state index contributed by atoms with van der Waals surface area (Å²) in [5.41, 5.74) is 6.89. The normalized spacial score (nSPS) is 13.0. The van der Waals surface area contributed by atoms with Crippen LogP contribution < -0.4 is 10.5 Å². The lowest BCUT2D eigenvalue weighted by atomic mass is 10.1. The molecule has 0 fully saturated rings. The van der Waals surface area contributed by atoms with Gasteiger partial charge in [-0.15, -0.1) is 26.6 Å². The van der Waals surface area contributed by atoms with Gasteiger partial charge >= 0.3 is 6.43 Å². The van der Waals surface area contributed by atoms with Gasteiger partial charge < -0.3 is 10.2 Å². The van der Waals surface area contributed by atoms with Crippen molar-refractivity contribution in [2.24, 2.45) is 0 Å². The molecule has 15 heteroatoms. The zero-order valence-electron chi connectivity index (χ0n) is 17.1. The molecule has 1 atom stereocenters. The Morgan fingerprint density at radius 2 is 2.03 bits per heavy atom. The van der Waals surface area contributed by atoms with Crippen molar-refractivity contribution < 1.29 is 21.6 Å². The third kappa shape index (κ3) is 5.55. The van der Waals surface area contributed by atoms with E-state index in [-0.39, 0.29) is 12.4 Å². The Hall–Kier alpha value is -3.30. The summed E-state index contributed by atoms with van der Waals surface area (Å²) in [6.07, 6.45) is 1.84. The second-order valence-electron chi connectivity index (χ2n) is 6.97. The van der Waals surface area contributed by atoms with E-state index in [4.69, 9.17) is 10.2 Å². The molecule has 0 radical (unpaired) electrons. The van der Waals surface area contributed by atoms with Crippen molar-refractivity contribution in [2.75, 3.05) is 18.5 Å². The van der Waals surface area contributed by atoms with Gasteiger partial charge in [-0.05, 0) is 30.7 Å². The van der Waals surface area contributed by atoms with Crippen LogP contribution in [0.15, 0.2) is 41.1 Å². The monoisotopic (exact) mass is 496 g/mol. The molecule has 174 valence electrons. The van der Waals surface area contributed by atoms with Crippen LogP contribution in [0.5, 0.6) is 0 Å². The lowest BCUT2D eigenvalue weighted by Crippen LogP contribution is -2.25. The van der Waals surface area contributed by atoms with E-state index >= 15 is 0 Å². The number of anilines is 1. The van der Waals surface area contributed by atoms with Crippen LogP contribution in [0.1, 0.15) is 29.7 Å². The molecule has 4 rings (SSSR count). The molecule has 0 spiro atoms. The molecule has 0 aliphatic heterocycles. The Kier molecular flexibility index (Phi) is 6.44. The van der Waals surface area contributed by atoms with Gasteiger partial charge in [0, 0.05) is 23.2 Å². The summed E-state index contributed by atoms with van der Waals surface area (Å²) in [6, 6.07) is 6.44. The standard InChI is InChI=1S/C18H18F2N8O3S2/c1-33(29,30)23-7-6-12(28-9-11(24-27-28)10-2-5-15(21)22-8-10)13-3-4-14(32-13)17-25-26-18(31-17)16(19)20/h2-5,8-9,12,16,23H,6-7H2,1H3,(H2,21,22). The first-order valence-corrected chi connectivity index (χ1v) is 12.2. The van der Waals surface area contributed by atoms with E-state index in [1.807, 2.05) is 0 Å². The number of sulfonamides is 1. The number of hydrogen-bond donors (Lipinski definition) is 2.